The highest BCUT2D eigenvalue weighted by molar-refractivity contribution is 14.1. The summed E-state index contributed by atoms with van der Waals surface area (Å²) in [6, 6.07) is 7.93. The molecule has 2 aromatic rings. The number of rotatable bonds is 4. The molecule has 104 valence electrons. The minimum atomic E-state index is -0.0974. The molecule has 0 radical (unpaired) electrons. The quantitative estimate of drug-likeness (QED) is 0.613. The average molecular weight is 400 g/mol. The highest BCUT2D eigenvalue weighted by atomic mass is 127. The van der Waals surface area contributed by atoms with Gasteiger partial charge < -0.3 is 5.32 Å². The Kier molecular flexibility index (Phi) is 3.88. The molecule has 0 bridgehead atoms. The van der Waals surface area contributed by atoms with Gasteiger partial charge in [0.1, 0.15) is 0 Å². The molecule has 1 aromatic carbocycles. The molecule has 1 aliphatic carbocycles. The predicted molar refractivity (Wildman–Crippen MR) is 86.0 cm³/mol. The zero-order valence-corrected chi connectivity index (χ0v) is 13.6. The summed E-state index contributed by atoms with van der Waals surface area (Å²) in [4.78, 5) is 12.1. The lowest BCUT2D eigenvalue weighted by Gasteiger charge is -2.07. The number of carbonyl (C=O) groups excluding carboxylic acids is 1. The number of aromatic nitrogens is 3. The van der Waals surface area contributed by atoms with Gasteiger partial charge in [-0.2, -0.15) is 5.10 Å². The minimum absolute atomic E-state index is 0.0974. The number of nitrogens with one attached hydrogen (secondary N) is 2. The smallest absolute Gasteiger partial charge is 0.251 e. The molecule has 1 heterocycles. The Hall–Kier alpha value is -1.22. The van der Waals surface area contributed by atoms with Crippen molar-refractivity contribution >= 4 is 40.7 Å². The molecule has 1 aromatic heterocycles. The SMILES string of the molecule is O=C(NCc1n[nH]c(=S)n1C1CC1)c1cccc(I)c1. The molecule has 3 rings (SSSR count). The Bertz CT molecular complexity index is 704. The van der Waals surface area contributed by atoms with Crippen molar-refractivity contribution in [2.75, 3.05) is 0 Å². The molecule has 1 aliphatic rings. The number of nitrogens with zero attached hydrogens (tertiary/aromatic N) is 2. The number of amides is 1. The van der Waals surface area contributed by atoms with Crippen molar-refractivity contribution in [2.24, 2.45) is 0 Å². The summed E-state index contributed by atoms with van der Waals surface area (Å²) in [6.45, 7) is 0.383. The third-order valence-electron chi connectivity index (χ3n) is 3.18. The summed E-state index contributed by atoms with van der Waals surface area (Å²) in [5, 5.41) is 9.87. The number of benzene rings is 1. The van der Waals surface area contributed by atoms with Gasteiger partial charge in [0.15, 0.2) is 10.6 Å². The first-order valence-corrected chi connectivity index (χ1v) is 7.83. The van der Waals surface area contributed by atoms with Gasteiger partial charge >= 0.3 is 0 Å². The number of aromatic amines is 1. The second kappa shape index (κ2) is 5.65. The minimum Gasteiger partial charge on any atom is -0.345 e. The first-order valence-electron chi connectivity index (χ1n) is 6.34. The lowest BCUT2D eigenvalue weighted by atomic mass is 10.2. The van der Waals surface area contributed by atoms with E-state index in [1.807, 2.05) is 22.8 Å². The summed E-state index contributed by atoms with van der Waals surface area (Å²) in [5.41, 5.74) is 0.656. The highest BCUT2D eigenvalue weighted by Gasteiger charge is 2.27. The Balaban J connectivity index is 1.71. The molecule has 1 fully saturated rings. The fourth-order valence-electron chi connectivity index (χ4n) is 2.06. The van der Waals surface area contributed by atoms with Gasteiger partial charge in [-0.1, -0.05) is 6.07 Å². The van der Waals surface area contributed by atoms with Crippen LogP contribution in [-0.2, 0) is 6.54 Å². The topological polar surface area (TPSA) is 62.7 Å². The fourth-order valence-corrected chi connectivity index (χ4v) is 2.91. The van der Waals surface area contributed by atoms with Gasteiger partial charge in [0.25, 0.3) is 5.91 Å². The Morgan fingerprint density at radius 1 is 1.55 bits per heavy atom. The molecule has 0 spiro atoms. The molecular weight excluding hydrogens is 387 g/mol. The van der Waals surface area contributed by atoms with E-state index in [9.17, 15) is 4.79 Å². The largest absolute Gasteiger partial charge is 0.345 e. The van der Waals surface area contributed by atoms with E-state index < -0.39 is 0 Å². The van der Waals surface area contributed by atoms with Gasteiger partial charge in [-0.25, -0.2) is 0 Å². The van der Waals surface area contributed by atoms with E-state index in [1.165, 1.54) is 0 Å². The Morgan fingerprint density at radius 3 is 3.05 bits per heavy atom. The molecule has 2 N–H and O–H groups in total. The maximum absolute atomic E-state index is 12.1. The maximum atomic E-state index is 12.1. The van der Waals surface area contributed by atoms with E-state index in [1.54, 1.807) is 6.07 Å². The van der Waals surface area contributed by atoms with Crippen LogP contribution in [0.1, 0.15) is 35.1 Å². The first-order chi connectivity index (χ1) is 9.65. The van der Waals surface area contributed by atoms with Crippen molar-refractivity contribution in [1.29, 1.82) is 0 Å². The zero-order valence-electron chi connectivity index (χ0n) is 10.6. The molecule has 7 heteroatoms. The summed E-state index contributed by atoms with van der Waals surface area (Å²) >= 11 is 7.40. The molecule has 0 atom stereocenters. The van der Waals surface area contributed by atoms with Crippen LogP contribution in [-0.4, -0.2) is 20.7 Å². The molecule has 0 saturated heterocycles. The number of halogens is 1. The van der Waals surface area contributed by atoms with Crippen LogP contribution < -0.4 is 5.32 Å². The second-order valence-corrected chi connectivity index (χ2v) is 6.37. The third kappa shape index (κ3) is 2.93. The van der Waals surface area contributed by atoms with Gasteiger partial charge in [-0.15, -0.1) is 0 Å². The van der Waals surface area contributed by atoms with Gasteiger partial charge in [-0.3, -0.25) is 14.5 Å². The van der Waals surface area contributed by atoms with Crippen molar-refractivity contribution in [3.05, 3.63) is 44.0 Å². The lowest BCUT2D eigenvalue weighted by Crippen LogP contribution is -2.24. The molecule has 0 unspecified atom stereocenters. The summed E-state index contributed by atoms with van der Waals surface area (Å²) in [5.74, 6) is 0.691. The number of carbonyl (C=O) groups is 1. The van der Waals surface area contributed by atoms with E-state index in [2.05, 4.69) is 38.1 Å². The number of H-pyrrole nitrogens is 1. The molecule has 1 saturated carbocycles. The Labute approximate surface area is 134 Å². The van der Waals surface area contributed by atoms with Gasteiger partial charge in [-0.05, 0) is 65.8 Å². The lowest BCUT2D eigenvalue weighted by molar-refractivity contribution is 0.0949. The third-order valence-corrected chi connectivity index (χ3v) is 4.14. The van der Waals surface area contributed by atoms with Crippen LogP contribution in [0.4, 0.5) is 0 Å². The van der Waals surface area contributed by atoms with E-state index >= 15 is 0 Å². The first kappa shape index (κ1) is 13.7. The van der Waals surface area contributed by atoms with Gasteiger partial charge in [0.05, 0.1) is 6.54 Å². The normalized spacial score (nSPS) is 14.2. The summed E-state index contributed by atoms with van der Waals surface area (Å²) < 4.78 is 3.67. The summed E-state index contributed by atoms with van der Waals surface area (Å²) in [7, 11) is 0. The van der Waals surface area contributed by atoms with Crippen molar-refractivity contribution in [1.82, 2.24) is 20.1 Å². The zero-order chi connectivity index (χ0) is 14.1. The molecule has 1 amide bonds. The van der Waals surface area contributed by atoms with Crippen molar-refractivity contribution in [3.8, 4) is 0 Å². The van der Waals surface area contributed by atoms with Gasteiger partial charge in [0.2, 0.25) is 0 Å². The van der Waals surface area contributed by atoms with Crippen LogP contribution in [0.15, 0.2) is 24.3 Å². The number of hydrogen-bond donors (Lipinski definition) is 2. The van der Waals surface area contributed by atoms with Crippen LogP contribution in [0, 0.1) is 8.34 Å². The number of hydrogen-bond acceptors (Lipinski definition) is 3. The molecule has 20 heavy (non-hydrogen) atoms. The fraction of sp³-hybridized carbons (Fsp3) is 0.308. The van der Waals surface area contributed by atoms with Crippen molar-refractivity contribution in [2.45, 2.75) is 25.4 Å². The maximum Gasteiger partial charge on any atom is 0.251 e. The molecule has 0 aliphatic heterocycles. The van der Waals surface area contributed by atoms with Crippen LogP contribution in [0.2, 0.25) is 0 Å². The monoisotopic (exact) mass is 400 g/mol. The standard InChI is InChI=1S/C13H13IN4OS/c14-9-3-1-2-8(6-9)12(19)15-7-11-16-17-13(20)18(11)10-4-5-10/h1-3,6,10H,4-5,7H2,(H,15,19)(H,17,20). The second-order valence-electron chi connectivity index (χ2n) is 4.74. The van der Waals surface area contributed by atoms with Crippen molar-refractivity contribution < 1.29 is 4.79 Å². The summed E-state index contributed by atoms with van der Waals surface area (Å²) in [6.07, 6.45) is 2.26. The van der Waals surface area contributed by atoms with E-state index in [-0.39, 0.29) is 5.91 Å². The van der Waals surface area contributed by atoms with Gasteiger partial charge in [0, 0.05) is 15.2 Å². The highest BCUT2D eigenvalue weighted by Crippen LogP contribution is 2.35. The van der Waals surface area contributed by atoms with E-state index in [4.69, 9.17) is 12.2 Å². The van der Waals surface area contributed by atoms with E-state index in [0.29, 0.717) is 22.9 Å². The predicted octanol–water partition coefficient (Wildman–Crippen LogP) is 2.81. The molecular formula is C13H13IN4OS. The Morgan fingerprint density at radius 2 is 2.35 bits per heavy atom. The van der Waals surface area contributed by atoms with Crippen LogP contribution in [0.5, 0.6) is 0 Å². The van der Waals surface area contributed by atoms with Crippen LogP contribution in [0.3, 0.4) is 0 Å². The average Bonchev–Trinajstić information content (AvgIpc) is 3.20. The van der Waals surface area contributed by atoms with Crippen LogP contribution in [0.25, 0.3) is 0 Å². The van der Waals surface area contributed by atoms with E-state index in [0.717, 1.165) is 22.2 Å². The molecule has 5 nitrogen and oxygen atoms in total. The van der Waals surface area contributed by atoms with Crippen LogP contribution >= 0.6 is 34.8 Å². The van der Waals surface area contributed by atoms with Crippen molar-refractivity contribution in [3.63, 3.8) is 0 Å².